The Hall–Kier alpha value is -1.11. The molecule has 1 aliphatic carbocycles. The average Bonchev–Trinajstić information content (AvgIpc) is 2.75. The Morgan fingerprint density at radius 1 is 1.12 bits per heavy atom. The van der Waals surface area contributed by atoms with Crippen molar-refractivity contribution in [3.05, 3.63) is 34.9 Å². The van der Waals surface area contributed by atoms with Gasteiger partial charge in [-0.15, -0.1) is 0 Å². The molecule has 0 heterocycles. The highest BCUT2D eigenvalue weighted by molar-refractivity contribution is 5.60. The first kappa shape index (κ1) is 12.3. The molecule has 2 rings (SSSR count). The second-order valence-electron chi connectivity index (χ2n) is 5.51. The molecule has 1 fully saturated rings. The van der Waals surface area contributed by atoms with E-state index < -0.39 is 0 Å². The molecule has 1 aromatic rings. The molecule has 0 unspecified atom stereocenters. The second-order valence-corrected chi connectivity index (χ2v) is 5.51. The highest BCUT2D eigenvalue weighted by atomic mass is 14.6. The van der Waals surface area contributed by atoms with Gasteiger partial charge in [-0.25, -0.2) is 0 Å². The average molecular weight is 229 g/mol. The summed E-state index contributed by atoms with van der Waals surface area (Å²) in [5.74, 6) is 0. The maximum atomic E-state index is 4.19. The van der Waals surface area contributed by atoms with Gasteiger partial charge in [-0.3, -0.25) is 0 Å². The summed E-state index contributed by atoms with van der Waals surface area (Å²) < 4.78 is 0. The van der Waals surface area contributed by atoms with Gasteiger partial charge < -0.3 is 4.99 Å². The summed E-state index contributed by atoms with van der Waals surface area (Å²) in [5, 5.41) is 0. The van der Waals surface area contributed by atoms with E-state index in [4.69, 9.17) is 0 Å². The fourth-order valence-electron chi connectivity index (χ4n) is 3.21. The van der Waals surface area contributed by atoms with E-state index in [9.17, 15) is 0 Å². The van der Waals surface area contributed by atoms with Crippen molar-refractivity contribution >= 4 is 6.21 Å². The Balaban J connectivity index is 2.38. The fraction of sp³-hybridized carbons (Fsp3) is 0.562. The minimum Gasteiger partial charge on any atom is -0.301 e. The molecule has 1 saturated carbocycles. The molecule has 92 valence electrons. The molecule has 0 atom stereocenters. The lowest BCUT2D eigenvalue weighted by Crippen LogP contribution is -2.22. The molecule has 1 aromatic carbocycles. The van der Waals surface area contributed by atoms with Crippen molar-refractivity contribution in [3.8, 4) is 0 Å². The van der Waals surface area contributed by atoms with E-state index in [0.29, 0.717) is 5.41 Å². The molecule has 1 heteroatoms. The second kappa shape index (κ2) is 5.03. The third-order valence-corrected chi connectivity index (χ3v) is 4.06. The molecule has 0 aliphatic heterocycles. The summed E-state index contributed by atoms with van der Waals surface area (Å²) in [5.41, 5.74) is 4.68. The van der Waals surface area contributed by atoms with E-state index >= 15 is 0 Å². The van der Waals surface area contributed by atoms with Crippen LogP contribution in [0.15, 0.2) is 23.2 Å². The summed E-state index contributed by atoms with van der Waals surface area (Å²) >= 11 is 0. The maximum Gasteiger partial charge on any atom is 0.0273 e. The highest BCUT2D eigenvalue weighted by Crippen LogP contribution is 2.43. The maximum absolute atomic E-state index is 4.19. The van der Waals surface area contributed by atoms with Gasteiger partial charge in [0.25, 0.3) is 0 Å². The van der Waals surface area contributed by atoms with Gasteiger partial charge in [0, 0.05) is 12.5 Å². The van der Waals surface area contributed by atoms with Gasteiger partial charge in [-0.2, -0.15) is 0 Å². The van der Waals surface area contributed by atoms with Crippen LogP contribution < -0.4 is 0 Å². The van der Waals surface area contributed by atoms with Crippen LogP contribution in [0.25, 0.3) is 0 Å². The van der Waals surface area contributed by atoms with Crippen molar-refractivity contribution in [1.82, 2.24) is 0 Å². The summed E-state index contributed by atoms with van der Waals surface area (Å²) in [6.45, 7) is 4.40. The first-order chi connectivity index (χ1) is 8.16. The number of nitrogens with zero attached hydrogens (tertiary/aromatic N) is 1. The van der Waals surface area contributed by atoms with Gasteiger partial charge in [-0.1, -0.05) is 42.2 Å². The van der Waals surface area contributed by atoms with Crippen LogP contribution in [0.5, 0.6) is 0 Å². The van der Waals surface area contributed by atoms with E-state index in [2.05, 4.69) is 43.3 Å². The summed E-state index contributed by atoms with van der Waals surface area (Å²) in [6.07, 6.45) is 8.58. The molecule has 1 aliphatic rings. The fourth-order valence-corrected chi connectivity index (χ4v) is 3.21. The van der Waals surface area contributed by atoms with Crippen LogP contribution in [0.3, 0.4) is 0 Å². The van der Waals surface area contributed by atoms with Crippen molar-refractivity contribution in [1.29, 1.82) is 0 Å². The van der Waals surface area contributed by atoms with E-state index in [1.165, 1.54) is 42.4 Å². The van der Waals surface area contributed by atoms with E-state index in [1.807, 2.05) is 7.05 Å². The van der Waals surface area contributed by atoms with E-state index in [0.717, 1.165) is 6.42 Å². The first-order valence-electron chi connectivity index (χ1n) is 6.66. The molecule has 0 amide bonds. The number of benzene rings is 1. The van der Waals surface area contributed by atoms with Crippen LogP contribution in [0, 0.1) is 13.8 Å². The first-order valence-corrected chi connectivity index (χ1v) is 6.66. The standard InChI is InChI=1S/C16H23N/c1-13-10-14(2)12-15(11-13)16(8-9-17-3)6-4-5-7-16/h9-12H,4-8H2,1-3H3. The van der Waals surface area contributed by atoms with Crippen LogP contribution in [0.4, 0.5) is 0 Å². The summed E-state index contributed by atoms with van der Waals surface area (Å²) in [4.78, 5) is 4.19. The minimum absolute atomic E-state index is 0.371. The number of hydrogen-bond acceptors (Lipinski definition) is 1. The molecule has 0 bridgehead atoms. The Bertz CT molecular complexity index is 391. The van der Waals surface area contributed by atoms with Gasteiger partial charge in [0.1, 0.15) is 0 Å². The third kappa shape index (κ3) is 2.59. The zero-order valence-electron chi connectivity index (χ0n) is 11.3. The van der Waals surface area contributed by atoms with Crippen molar-refractivity contribution in [2.45, 2.75) is 51.4 Å². The van der Waals surface area contributed by atoms with Crippen LogP contribution in [0.2, 0.25) is 0 Å². The Morgan fingerprint density at radius 3 is 2.24 bits per heavy atom. The number of aliphatic imine (C=N–C) groups is 1. The van der Waals surface area contributed by atoms with Crippen LogP contribution in [0.1, 0.15) is 48.8 Å². The topological polar surface area (TPSA) is 12.4 Å². The smallest absolute Gasteiger partial charge is 0.0273 e. The quantitative estimate of drug-likeness (QED) is 0.689. The minimum atomic E-state index is 0.371. The number of hydrogen-bond donors (Lipinski definition) is 0. The van der Waals surface area contributed by atoms with Gasteiger partial charge in [0.05, 0.1) is 0 Å². The zero-order valence-corrected chi connectivity index (χ0v) is 11.3. The molecular formula is C16H23N. The number of aryl methyl sites for hydroxylation is 2. The van der Waals surface area contributed by atoms with Crippen LogP contribution in [-0.2, 0) is 5.41 Å². The van der Waals surface area contributed by atoms with Gasteiger partial charge in [0.15, 0.2) is 0 Å². The monoisotopic (exact) mass is 229 g/mol. The normalized spacial score (nSPS) is 19.0. The summed E-state index contributed by atoms with van der Waals surface area (Å²) in [6, 6.07) is 7.02. The SMILES string of the molecule is CN=CCC1(c2cc(C)cc(C)c2)CCCC1. The lowest BCUT2D eigenvalue weighted by molar-refractivity contribution is 0.461. The van der Waals surface area contributed by atoms with Crippen molar-refractivity contribution in [3.63, 3.8) is 0 Å². The number of rotatable bonds is 3. The Kier molecular flexibility index (Phi) is 3.66. The lowest BCUT2D eigenvalue weighted by atomic mass is 9.75. The van der Waals surface area contributed by atoms with Gasteiger partial charge >= 0.3 is 0 Å². The molecule has 0 spiro atoms. The predicted molar refractivity (Wildman–Crippen MR) is 75.1 cm³/mol. The molecule has 0 saturated heterocycles. The van der Waals surface area contributed by atoms with Crippen molar-refractivity contribution < 1.29 is 0 Å². The van der Waals surface area contributed by atoms with Crippen molar-refractivity contribution in [2.24, 2.45) is 4.99 Å². The molecule has 0 radical (unpaired) electrons. The van der Waals surface area contributed by atoms with Gasteiger partial charge in [0.2, 0.25) is 0 Å². The zero-order chi connectivity index (χ0) is 12.3. The van der Waals surface area contributed by atoms with Crippen molar-refractivity contribution in [2.75, 3.05) is 7.05 Å². The highest BCUT2D eigenvalue weighted by Gasteiger charge is 2.34. The van der Waals surface area contributed by atoms with E-state index in [1.54, 1.807) is 0 Å². The molecule has 0 N–H and O–H groups in total. The van der Waals surface area contributed by atoms with Crippen LogP contribution in [-0.4, -0.2) is 13.3 Å². The Labute approximate surface area is 105 Å². The lowest BCUT2D eigenvalue weighted by Gasteiger charge is -2.29. The van der Waals surface area contributed by atoms with E-state index in [-0.39, 0.29) is 0 Å². The molecular weight excluding hydrogens is 206 g/mol. The molecule has 0 aromatic heterocycles. The third-order valence-electron chi connectivity index (χ3n) is 4.06. The summed E-state index contributed by atoms with van der Waals surface area (Å²) in [7, 11) is 1.88. The molecule has 1 nitrogen and oxygen atoms in total. The van der Waals surface area contributed by atoms with Crippen LogP contribution >= 0.6 is 0 Å². The van der Waals surface area contributed by atoms with Gasteiger partial charge in [-0.05, 0) is 44.9 Å². The predicted octanol–water partition coefficient (Wildman–Crippen LogP) is 4.21. The molecule has 17 heavy (non-hydrogen) atoms. The Morgan fingerprint density at radius 2 is 1.71 bits per heavy atom. The largest absolute Gasteiger partial charge is 0.301 e.